The molecule has 2 aliphatic rings. The van der Waals surface area contributed by atoms with Crippen LogP contribution in [0.1, 0.15) is 124 Å². The standard InChI is InChI=1S/2C23H27.C2H7Si.Hf/c2*1-22(2,3)17-14-16-10-9-12-18(20(16)15-17)19-11-7-8-13-21(19)23(4,5)6;1-3-2;/h2*7-15H,1-6H3;3H,1-2H3;. The van der Waals surface area contributed by atoms with E-state index in [1.165, 1.54) is 44.5 Å². The van der Waals surface area contributed by atoms with Gasteiger partial charge in [0.25, 0.3) is 0 Å². The van der Waals surface area contributed by atoms with E-state index in [4.69, 9.17) is 0 Å². The molecule has 0 saturated heterocycles. The van der Waals surface area contributed by atoms with Crippen molar-refractivity contribution >= 4 is 18.1 Å². The fourth-order valence-electron chi connectivity index (χ4n) is 8.87. The van der Waals surface area contributed by atoms with Crippen LogP contribution in [0.25, 0.3) is 34.4 Å². The minimum atomic E-state index is -2.62. The van der Waals surface area contributed by atoms with E-state index >= 15 is 0 Å². The van der Waals surface area contributed by atoms with E-state index in [9.17, 15) is 0 Å². The molecular formula is C48H61HfSi. The van der Waals surface area contributed by atoms with Crippen molar-refractivity contribution in [3.8, 4) is 22.3 Å². The molecule has 4 aromatic rings. The van der Waals surface area contributed by atoms with Crippen molar-refractivity contribution in [3.63, 3.8) is 0 Å². The van der Waals surface area contributed by atoms with Crippen LogP contribution in [0.2, 0.25) is 13.1 Å². The van der Waals surface area contributed by atoms with Crippen LogP contribution in [-0.2, 0) is 31.4 Å². The van der Waals surface area contributed by atoms with Gasteiger partial charge >= 0.3 is 316 Å². The van der Waals surface area contributed by atoms with Gasteiger partial charge in [-0.2, -0.15) is 0 Å². The molecule has 6 rings (SSSR count). The Morgan fingerprint density at radius 2 is 0.760 bits per heavy atom. The molecule has 0 spiro atoms. The van der Waals surface area contributed by atoms with Crippen molar-refractivity contribution in [1.82, 2.24) is 0 Å². The number of fused-ring (bicyclic) bond motifs is 2. The molecule has 0 aliphatic heterocycles. The summed E-state index contributed by atoms with van der Waals surface area (Å²) in [7, 11) is 0. The van der Waals surface area contributed by atoms with Crippen LogP contribution in [0.15, 0.2) is 96.1 Å². The molecule has 261 valence electrons. The molecule has 0 amide bonds. The summed E-state index contributed by atoms with van der Waals surface area (Å²) >= 11 is -2.62. The first-order valence-corrected chi connectivity index (χ1v) is 32.2. The fraction of sp³-hybridized carbons (Fsp3) is 0.417. The number of benzene rings is 4. The Hall–Kier alpha value is -2.55. The van der Waals surface area contributed by atoms with E-state index in [0.717, 1.165) is 0 Å². The van der Waals surface area contributed by atoms with Gasteiger partial charge in [0.15, 0.2) is 0 Å². The SMILES string of the molecule is C[SiH](C)[Hf]([CH]1C(C(C)(C)C)=Cc2c(-c3ccccc3C(C)(C)C)cccc21)[CH]1C(C(C)(C)C)=Cc2c(-c3ccccc3C(C)(C)C)cccc21. The van der Waals surface area contributed by atoms with E-state index < -0.39 is 26.6 Å². The quantitative estimate of drug-likeness (QED) is 0.176. The molecule has 0 N–H and O–H groups in total. The van der Waals surface area contributed by atoms with Gasteiger partial charge in [0.05, 0.1) is 0 Å². The predicted octanol–water partition coefficient (Wildman–Crippen LogP) is 13.9. The van der Waals surface area contributed by atoms with Gasteiger partial charge in [0, 0.05) is 0 Å². The predicted molar refractivity (Wildman–Crippen MR) is 220 cm³/mol. The molecule has 2 unspecified atom stereocenters. The van der Waals surface area contributed by atoms with E-state index in [1.54, 1.807) is 22.3 Å². The van der Waals surface area contributed by atoms with Gasteiger partial charge in [-0.15, -0.1) is 0 Å². The molecule has 2 heteroatoms. The first-order chi connectivity index (χ1) is 23.2. The normalized spacial score (nSPS) is 17.8. The molecule has 0 aromatic heterocycles. The van der Waals surface area contributed by atoms with Gasteiger partial charge < -0.3 is 0 Å². The first kappa shape index (κ1) is 37.2. The van der Waals surface area contributed by atoms with Gasteiger partial charge in [0.1, 0.15) is 0 Å². The second-order valence-electron chi connectivity index (χ2n) is 19.4. The number of hydrogen-bond donors (Lipinski definition) is 0. The molecule has 0 nitrogen and oxygen atoms in total. The van der Waals surface area contributed by atoms with Crippen LogP contribution >= 0.6 is 0 Å². The molecule has 2 aliphatic carbocycles. The molecular weight excluding hydrogens is 783 g/mol. The summed E-state index contributed by atoms with van der Waals surface area (Å²) in [6, 6.07) is 33.0. The summed E-state index contributed by atoms with van der Waals surface area (Å²) in [6.07, 6.45) is 5.37. The van der Waals surface area contributed by atoms with Crippen molar-refractivity contribution < 1.29 is 20.6 Å². The molecule has 2 atom stereocenters. The van der Waals surface area contributed by atoms with E-state index in [0.29, 0.717) is 7.35 Å². The maximum absolute atomic E-state index is 2.72. The van der Waals surface area contributed by atoms with Gasteiger partial charge in [-0.05, 0) is 0 Å². The van der Waals surface area contributed by atoms with Gasteiger partial charge in [-0.25, -0.2) is 0 Å². The summed E-state index contributed by atoms with van der Waals surface area (Å²) in [4.78, 5) is 0. The topological polar surface area (TPSA) is 0 Å². The summed E-state index contributed by atoms with van der Waals surface area (Å²) in [5, 5.41) is 0. The van der Waals surface area contributed by atoms with Crippen molar-refractivity contribution in [1.29, 1.82) is 0 Å². The Labute approximate surface area is 313 Å². The molecule has 4 aromatic carbocycles. The molecule has 0 bridgehead atoms. The second kappa shape index (κ2) is 13.1. The third-order valence-electron chi connectivity index (χ3n) is 11.2. The summed E-state index contributed by atoms with van der Waals surface area (Å²) in [6.45, 7) is 34.5. The Balaban J connectivity index is 1.60. The average molecular weight is 845 g/mol. The first-order valence-electron chi connectivity index (χ1n) is 19.0. The maximum atomic E-state index is 2.72. The average Bonchev–Trinajstić information content (AvgIpc) is 3.60. The van der Waals surface area contributed by atoms with Crippen LogP contribution in [0.5, 0.6) is 0 Å². The summed E-state index contributed by atoms with van der Waals surface area (Å²) < 4.78 is 1.19. The Bertz CT molecular complexity index is 1840. The van der Waals surface area contributed by atoms with Crippen LogP contribution in [0.3, 0.4) is 0 Å². The zero-order valence-corrected chi connectivity index (χ0v) is 38.2. The monoisotopic (exact) mass is 845 g/mol. The molecule has 0 heterocycles. The minimum absolute atomic E-state index is 0.0734. The van der Waals surface area contributed by atoms with E-state index in [1.807, 2.05) is 0 Å². The molecule has 0 radical (unpaired) electrons. The number of rotatable bonds is 5. The van der Waals surface area contributed by atoms with Crippen LogP contribution < -0.4 is 0 Å². The van der Waals surface area contributed by atoms with E-state index in [2.05, 4.69) is 193 Å². The van der Waals surface area contributed by atoms with Crippen LogP contribution in [-0.4, -0.2) is 5.98 Å². The van der Waals surface area contributed by atoms with Crippen molar-refractivity contribution in [2.45, 2.75) is 114 Å². The van der Waals surface area contributed by atoms with Crippen molar-refractivity contribution in [2.75, 3.05) is 0 Å². The molecule has 0 fully saturated rings. The third-order valence-corrected chi connectivity index (χ3v) is 41.7. The van der Waals surface area contributed by atoms with Crippen LogP contribution in [0.4, 0.5) is 0 Å². The van der Waals surface area contributed by atoms with Crippen molar-refractivity contribution in [2.24, 2.45) is 10.8 Å². The number of hydrogen-bond acceptors (Lipinski definition) is 0. The van der Waals surface area contributed by atoms with Crippen molar-refractivity contribution in [3.05, 3.63) is 129 Å². The number of allylic oxidation sites excluding steroid dienone is 2. The summed E-state index contributed by atoms with van der Waals surface area (Å²) in [5.74, 6) is -1.05. The zero-order chi connectivity index (χ0) is 36.6. The Morgan fingerprint density at radius 3 is 1.08 bits per heavy atom. The van der Waals surface area contributed by atoms with Crippen LogP contribution in [0, 0.1) is 10.8 Å². The van der Waals surface area contributed by atoms with Gasteiger partial charge in [-0.1, -0.05) is 0 Å². The summed E-state index contributed by atoms with van der Waals surface area (Å²) in [5.41, 5.74) is 18.6. The van der Waals surface area contributed by atoms with E-state index in [-0.39, 0.29) is 21.7 Å². The molecule has 50 heavy (non-hydrogen) atoms. The molecule has 0 saturated carbocycles. The fourth-order valence-corrected chi connectivity index (χ4v) is 42.3. The Kier molecular flexibility index (Phi) is 9.78. The van der Waals surface area contributed by atoms with Gasteiger partial charge in [0.2, 0.25) is 0 Å². The Morgan fingerprint density at radius 1 is 0.420 bits per heavy atom. The second-order valence-corrected chi connectivity index (χ2v) is 47.4. The third kappa shape index (κ3) is 6.74. The zero-order valence-electron chi connectivity index (χ0n) is 33.5. The van der Waals surface area contributed by atoms with Gasteiger partial charge in [-0.3, -0.25) is 0 Å².